The molecule has 0 radical (unpaired) electrons. The van der Waals surface area contributed by atoms with Crippen LogP contribution in [0.3, 0.4) is 0 Å². The number of hydrogen-bond acceptors (Lipinski definition) is 2. The number of halogens is 2. The van der Waals surface area contributed by atoms with Crippen LogP contribution in [0.1, 0.15) is 5.56 Å². The van der Waals surface area contributed by atoms with Crippen molar-refractivity contribution < 1.29 is 0 Å². The Kier molecular flexibility index (Phi) is 4.36. The van der Waals surface area contributed by atoms with Crippen molar-refractivity contribution in [3.05, 3.63) is 70.3 Å². The molecule has 2 aromatic carbocycles. The van der Waals surface area contributed by atoms with Gasteiger partial charge in [0.1, 0.15) is 0 Å². The predicted molar refractivity (Wildman–Crippen MR) is 92.4 cm³/mol. The summed E-state index contributed by atoms with van der Waals surface area (Å²) in [5.74, 6) is 0.773. The van der Waals surface area contributed by atoms with Crippen molar-refractivity contribution in [1.29, 1.82) is 0 Å². The van der Waals surface area contributed by atoms with Crippen molar-refractivity contribution in [2.24, 2.45) is 7.05 Å². The summed E-state index contributed by atoms with van der Waals surface area (Å²) < 4.78 is 2.01. The van der Waals surface area contributed by atoms with Crippen LogP contribution in [0.5, 0.6) is 0 Å². The monoisotopic (exact) mass is 331 g/mol. The van der Waals surface area contributed by atoms with Gasteiger partial charge in [-0.15, -0.1) is 0 Å². The number of hydrogen-bond donors (Lipinski definition) is 1. The van der Waals surface area contributed by atoms with Crippen molar-refractivity contribution in [3.63, 3.8) is 0 Å². The van der Waals surface area contributed by atoms with Crippen LogP contribution in [-0.4, -0.2) is 9.55 Å². The summed E-state index contributed by atoms with van der Waals surface area (Å²) in [4.78, 5) is 4.43. The fourth-order valence-electron chi connectivity index (χ4n) is 2.32. The van der Waals surface area contributed by atoms with Gasteiger partial charge in [0.15, 0.2) is 0 Å². The van der Waals surface area contributed by atoms with Crippen molar-refractivity contribution >= 4 is 29.2 Å². The molecule has 0 aliphatic heterocycles. The fourth-order valence-corrected chi connectivity index (χ4v) is 2.85. The maximum atomic E-state index is 6.18. The molecule has 1 N–H and O–H groups in total. The zero-order chi connectivity index (χ0) is 15.5. The van der Waals surface area contributed by atoms with Crippen LogP contribution in [-0.2, 0) is 13.6 Å². The molecular weight excluding hydrogens is 317 g/mol. The smallest absolute Gasteiger partial charge is 0.203 e. The molecule has 3 rings (SSSR count). The largest absolute Gasteiger partial charge is 0.351 e. The lowest BCUT2D eigenvalue weighted by atomic mass is 10.2. The Morgan fingerprint density at radius 1 is 1.00 bits per heavy atom. The van der Waals surface area contributed by atoms with E-state index in [0.717, 1.165) is 22.8 Å². The van der Waals surface area contributed by atoms with Gasteiger partial charge in [-0.3, -0.25) is 0 Å². The second-order valence-corrected chi connectivity index (χ2v) is 5.76. The van der Waals surface area contributed by atoms with Gasteiger partial charge in [-0.2, -0.15) is 0 Å². The number of rotatable bonds is 4. The molecule has 0 saturated heterocycles. The second kappa shape index (κ2) is 6.42. The minimum Gasteiger partial charge on any atom is -0.351 e. The average molecular weight is 332 g/mol. The molecule has 0 spiro atoms. The highest BCUT2D eigenvalue weighted by atomic mass is 35.5. The highest BCUT2D eigenvalue weighted by Crippen LogP contribution is 2.26. The van der Waals surface area contributed by atoms with E-state index in [1.165, 1.54) is 0 Å². The van der Waals surface area contributed by atoms with Crippen LogP contribution in [0.2, 0.25) is 10.0 Å². The zero-order valence-electron chi connectivity index (χ0n) is 12.1. The number of anilines is 1. The van der Waals surface area contributed by atoms with E-state index < -0.39 is 0 Å². The molecule has 3 aromatic rings. The van der Waals surface area contributed by atoms with Crippen LogP contribution in [0.25, 0.3) is 11.3 Å². The van der Waals surface area contributed by atoms with E-state index in [1.807, 2.05) is 54.2 Å². The Labute approximate surface area is 139 Å². The highest BCUT2D eigenvalue weighted by molar-refractivity contribution is 6.36. The molecule has 0 aliphatic carbocycles. The maximum Gasteiger partial charge on any atom is 0.203 e. The summed E-state index contributed by atoms with van der Waals surface area (Å²) in [5.41, 5.74) is 3.05. The maximum absolute atomic E-state index is 6.18. The minimum absolute atomic E-state index is 0.525. The van der Waals surface area contributed by atoms with Crippen molar-refractivity contribution in [3.8, 4) is 11.3 Å². The van der Waals surface area contributed by atoms with Gasteiger partial charge in [0, 0.05) is 29.2 Å². The Balaban J connectivity index is 1.81. The standard InChI is InChI=1S/C17H15Cl2N3/c1-22-16(12-6-3-2-4-7-12)11-21-17(22)20-10-13-14(18)8-5-9-15(13)19/h2-9,11H,10H2,1H3,(H,20,21). The lowest BCUT2D eigenvalue weighted by molar-refractivity contribution is 0.907. The van der Waals surface area contributed by atoms with E-state index in [1.54, 1.807) is 0 Å². The summed E-state index contributed by atoms with van der Waals surface area (Å²) in [7, 11) is 1.98. The first kappa shape index (κ1) is 14.9. The molecule has 0 saturated carbocycles. The molecule has 1 aromatic heterocycles. The molecule has 112 valence electrons. The van der Waals surface area contributed by atoms with Crippen molar-refractivity contribution in [2.75, 3.05) is 5.32 Å². The molecule has 22 heavy (non-hydrogen) atoms. The van der Waals surface area contributed by atoms with Gasteiger partial charge in [-0.1, -0.05) is 59.6 Å². The van der Waals surface area contributed by atoms with E-state index in [4.69, 9.17) is 23.2 Å². The number of imidazole rings is 1. The fraction of sp³-hybridized carbons (Fsp3) is 0.118. The Bertz CT molecular complexity index is 762. The van der Waals surface area contributed by atoms with E-state index in [9.17, 15) is 0 Å². The second-order valence-electron chi connectivity index (χ2n) is 4.95. The minimum atomic E-state index is 0.525. The third-order valence-corrected chi connectivity index (χ3v) is 4.25. The molecule has 0 atom stereocenters. The van der Waals surface area contributed by atoms with E-state index >= 15 is 0 Å². The van der Waals surface area contributed by atoms with E-state index in [2.05, 4.69) is 22.4 Å². The van der Waals surface area contributed by atoms with Gasteiger partial charge in [0.25, 0.3) is 0 Å². The number of nitrogens with zero attached hydrogens (tertiary/aromatic N) is 2. The van der Waals surface area contributed by atoms with Gasteiger partial charge in [0.05, 0.1) is 11.9 Å². The topological polar surface area (TPSA) is 29.9 Å². The average Bonchev–Trinajstić information content (AvgIpc) is 2.89. The van der Waals surface area contributed by atoms with Crippen molar-refractivity contribution in [2.45, 2.75) is 6.54 Å². The van der Waals surface area contributed by atoms with Gasteiger partial charge >= 0.3 is 0 Å². The first-order valence-electron chi connectivity index (χ1n) is 6.90. The van der Waals surface area contributed by atoms with Crippen LogP contribution in [0.4, 0.5) is 5.95 Å². The summed E-state index contributed by atoms with van der Waals surface area (Å²) in [6, 6.07) is 15.6. The molecule has 0 unspecified atom stereocenters. The summed E-state index contributed by atoms with van der Waals surface area (Å²) in [6.07, 6.45) is 1.85. The van der Waals surface area contributed by atoms with Crippen LogP contribution in [0.15, 0.2) is 54.7 Å². The van der Waals surface area contributed by atoms with Crippen molar-refractivity contribution in [1.82, 2.24) is 9.55 Å². The molecule has 0 amide bonds. The zero-order valence-corrected chi connectivity index (χ0v) is 13.6. The predicted octanol–water partition coefficient (Wildman–Crippen LogP) is 5.01. The summed E-state index contributed by atoms with van der Waals surface area (Å²) in [5, 5.41) is 4.58. The van der Waals surface area contributed by atoms with Crippen LogP contribution >= 0.6 is 23.2 Å². The summed E-state index contributed by atoms with van der Waals surface area (Å²) in [6.45, 7) is 0.525. The van der Waals surface area contributed by atoms with Gasteiger partial charge in [-0.05, 0) is 17.7 Å². The quantitative estimate of drug-likeness (QED) is 0.728. The first-order valence-corrected chi connectivity index (χ1v) is 7.66. The lowest BCUT2D eigenvalue weighted by Gasteiger charge is -2.10. The van der Waals surface area contributed by atoms with Gasteiger partial charge in [0.2, 0.25) is 5.95 Å². The molecule has 1 heterocycles. The normalized spacial score (nSPS) is 10.7. The lowest BCUT2D eigenvalue weighted by Crippen LogP contribution is -2.06. The Morgan fingerprint density at radius 3 is 2.36 bits per heavy atom. The molecule has 0 fully saturated rings. The third-order valence-electron chi connectivity index (χ3n) is 3.54. The molecule has 5 heteroatoms. The van der Waals surface area contributed by atoms with Crippen LogP contribution < -0.4 is 5.32 Å². The molecule has 0 bridgehead atoms. The Hall–Kier alpha value is -1.97. The molecule has 0 aliphatic rings. The number of nitrogens with one attached hydrogen (secondary N) is 1. The van der Waals surface area contributed by atoms with Gasteiger partial charge in [-0.25, -0.2) is 4.98 Å². The van der Waals surface area contributed by atoms with E-state index in [0.29, 0.717) is 16.6 Å². The van der Waals surface area contributed by atoms with Crippen LogP contribution in [0, 0.1) is 0 Å². The molecule has 3 nitrogen and oxygen atoms in total. The first-order chi connectivity index (χ1) is 10.7. The SMILES string of the molecule is Cn1c(-c2ccccc2)cnc1NCc1c(Cl)cccc1Cl. The number of aromatic nitrogens is 2. The van der Waals surface area contributed by atoms with Gasteiger partial charge < -0.3 is 9.88 Å². The van der Waals surface area contributed by atoms with E-state index in [-0.39, 0.29) is 0 Å². The highest BCUT2D eigenvalue weighted by Gasteiger charge is 2.10. The summed E-state index contributed by atoms with van der Waals surface area (Å²) >= 11 is 12.4. The Morgan fingerprint density at radius 2 is 1.68 bits per heavy atom. The third kappa shape index (κ3) is 2.96. The number of benzene rings is 2. The molecular formula is C17H15Cl2N3.